The number of hydrogen-bond acceptors (Lipinski definition) is 2. The number of aromatic nitrogens is 2. The fourth-order valence-electron chi connectivity index (χ4n) is 1.66. The van der Waals surface area contributed by atoms with E-state index in [4.69, 9.17) is 4.74 Å². The number of rotatable bonds is 5. The van der Waals surface area contributed by atoms with Crippen LogP contribution >= 0.6 is 15.9 Å². The van der Waals surface area contributed by atoms with Crippen molar-refractivity contribution in [1.82, 2.24) is 9.78 Å². The van der Waals surface area contributed by atoms with Gasteiger partial charge < -0.3 is 4.74 Å². The first-order valence-electron chi connectivity index (χ1n) is 6.16. The van der Waals surface area contributed by atoms with E-state index < -0.39 is 8.07 Å². The van der Waals surface area contributed by atoms with Crippen LogP contribution in [0.4, 0.5) is 0 Å². The van der Waals surface area contributed by atoms with Crippen molar-refractivity contribution in [3.05, 3.63) is 28.9 Å². The average molecular weight is 327 g/mol. The van der Waals surface area contributed by atoms with E-state index in [9.17, 15) is 0 Å². The van der Waals surface area contributed by atoms with Crippen LogP contribution in [0.15, 0.2) is 28.9 Å². The number of ether oxygens (including phenoxy) is 1. The van der Waals surface area contributed by atoms with Gasteiger partial charge in [-0.2, -0.15) is 5.10 Å². The first kappa shape index (κ1) is 13.8. The summed E-state index contributed by atoms with van der Waals surface area (Å²) in [6.07, 6.45) is 0. The first-order chi connectivity index (χ1) is 8.47. The fourth-order valence-corrected chi connectivity index (χ4v) is 2.94. The van der Waals surface area contributed by atoms with Gasteiger partial charge in [-0.05, 0) is 28.0 Å². The van der Waals surface area contributed by atoms with Gasteiger partial charge in [0.1, 0.15) is 11.3 Å². The van der Waals surface area contributed by atoms with Gasteiger partial charge in [0.2, 0.25) is 0 Å². The standard InChI is InChI=1S/C13H19BrN2OSi/c1-18(2,3)9-8-17-10-16-13(14)11-6-4-5-7-12(11)15-16/h4-7H,8-10H2,1-3H3. The Morgan fingerprint density at radius 2 is 2.00 bits per heavy atom. The van der Waals surface area contributed by atoms with Crippen molar-refractivity contribution in [2.24, 2.45) is 0 Å². The molecule has 0 aliphatic heterocycles. The van der Waals surface area contributed by atoms with Gasteiger partial charge in [-0.15, -0.1) is 0 Å². The predicted molar refractivity (Wildman–Crippen MR) is 81.5 cm³/mol. The normalized spacial score (nSPS) is 12.2. The number of nitrogens with zero attached hydrogens (tertiary/aromatic N) is 2. The molecule has 18 heavy (non-hydrogen) atoms. The molecule has 0 saturated heterocycles. The lowest BCUT2D eigenvalue weighted by Crippen LogP contribution is -2.22. The lowest BCUT2D eigenvalue weighted by atomic mass is 10.3. The van der Waals surface area contributed by atoms with Crippen LogP contribution in [0.1, 0.15) is 0 Å². The maximum Gasteiger partial charge on any atom is 0.140 e. The van der Waals surface area contributed by atoms with Gasteiger partial charge in [0, 0.05) is 20.1 Å². The number of hydrogen-bond donors (Lipinski definition) is 0. The highest BCUT2D eigenvalue weighted by molar-refractivity contribution is 9.10. The Labute approximate surface area is 117 Å². The third-order valence-corrected chi connectivity index (χ3v) is 5.33. The highest BCUT2D eigenvalue weighted by Crippen LogP contribution is 2.23. The van der Waals surface area contributed by atoms with Crippen LogP contribution in [0, 0.1) is 0 Å². The van der Waals surface area contributed by atoms with Crippen molar-refractivity contribution in [3.8, 4) is 0 Å². The zero-order valence-electron chi connectivity index (χ0n) is 11.1. The average Bonchev–Trinajstić information content (AvgIpc) is 2.62. The molecule has 2 rings (SSSR count). The van der Waals surface area contributed by atoms with Crippen LogP contribution < -0.4 is 0 Å². The molecule has 98 valence electrons. The van der Waals surface area contributed by atoms with Gasteiger partial charge in [-0.3, -0.25) is 0 Å². The van der Waals surface area contributed by atoms with Crippen LogP contribution in [0.2, 0.25) is 25.7 Å². The summed E-state index contributed by atoms with van der Waals surface area (Å²) in [5.74, 6) is 0. The maximum absolute atomic E-state index is 5.71. The van der Waals surface area contributed by atoms with E-state index in [1.807, 2.05) is 22.9 Å². The molecule has 0 aliphatic rings. The van der Waals surface area contributed by atoms with E-state index in [-0.39, 0.29) is 0 Å². The first-order valence-corrected chi connectivity index (χ1v) is 10.7. The molecule has 0 unspecified atom stereocenters. The third kappa shape index (κ3) is 3.43. The smallest absolute Gasteiger partial charge is 0.140 e. The summed E-state index contributed by atoms with van der Waals surface area (Å²) >= 11 is 3.57. The van der Waals surface area contributed by atoms with Gasteiger partial charge in [0.05, 0.1) is 5.52 Å². The zero-order chi connectivity index (χ0) is 13.2. The molecule has 0 N–H and O–H groups in total. The van der Waals surface area contributed by atoms with Crippen LogP contribution in [0.3, 0.4) is 0 Å². The highest BCUT2D eigenvalue weighted by Gasteiger charge is 2.13. The summed E-state index contributed by atoms with van der Waals surface area (Å²) in [5, 5.41) is 5.63. The SMILES string of the molecule is C[Si](C)(C)CCOCn1nc2ccccc2c1Br. The van der Waals surface area contributed by atoms with Crippen molar-refractivity contribution in [2.75, 3.05) is 6.61 Å². The molecule has 1 heterocycles. The Kier molecular flexibility index (Phi) is 4.24. The van der Waals surface area contributed by atoms with Crippen LogP contribution in [0.5, 0.6) is 0 Å². The molecular formula is C13H19BrN2OSi. The number of benzene rings is 1. The summed E-state index contributed by atoms with van der Waals surface area (Å²) in [4.78, 5) is 0. The molecule has 0 radical (unpaired) electrons. The minimum atomic E-state index is -1.01. The Bertz CT molecular complexity index is 533. The molecule has 2 aromatic rings. The molecule has 5 heteroatoms. The van der Waals surface area contributed by atoms with Crippen molar-refractivity contribution in [3.63, 3.8) is 0 Å². The van der Waals surface area contributed by atoms with E-state index in [2.05, 4.69) is 46.7 Å². The van der Waals surface area contributed by atoms with Gasteiger partial charge in [-0.1, -0.05) is 37.8 Å². The Morgan fingerprint density at radius 3 is 2.67 bits per heavy atom. The summed E-state index contributed by atoms with van der Waals surface area (Å²) in [7, 11) is -1.01. The second kappa shape index (κ2) is 5.55. The summed E-state index contributed by atoms with van der Waals surface area (Å²) < 4.78 is 8.57. The third-order valence-electron chi connectivity index (χ3n) is 2.79. The molecule has 0 amide bonds. The lowest BCUT2D eigenvalue weighted by molar-refractivity contribution is 0.0775. The van der Waals surface area contributed by atoms with Gasteiger partial charge in [0.25, 0.3) is 0 Å². The van der Waals surface area contributed by atoms with Crippen molar-refractivity contribution >= 4 is 34.9 Å². The molecule has 0 bridgehead atoms. The monoisotopic (exact) mass is 326 g/mol. The molecule has 1 aromatic heterocycles. The summed E-state index contributed by atoms with van der Waals surface area (Å²) in [6, 6.07) is 9.28. The fraction of sp³-hybridized carbons (Fsp3) is 0.462. The Hall–Kier alpha value is -0.653. The molecule has 0 aliphatic carbocycles. The van der Waals surface area contributed by atoms with Crippen molar-refractivity contribution in [2.45, 2.75) is 32.4 Å². The summed E-state index contributed by atoms with van der Waals surface area (Å²) in [6.45, 7) is 8.40. The van der Waals surface area contributed by atoms with E-state index in [1.165, 1.54) is 6.04 Å². The van der Waals surface area contributed by atoms with Crippen LogP contribution in [0.25, 0.3) is 10.9 Å². The minimum Gasteiger partial charge on any atom is -0.359 e. The lowest BCUT2D eigenvalue weighted by Gasteiger charge is -2.15. The number of halogens is 1. The van der Waals surface area contributed by atoms with E-state index in [0.29, 0.717) is 6.73 Å². The second-order valence-corrected chi connectivity index (χ2v) is 12.0. The van der Waals surface area contributed by atoms with Crippen molar-refractivity contribution < 1.29 is 4.74 Å². The molecule has 0 saturated carbocycles. The van der Waals surface area contributed by atoms with Crippen molar-refractivity contribution in [1.29, 1.82) is 0 Å². The molecular weight excluding hydrogens is 308 g/mol. The molecule has 0 atom stereocenters. The highest BCUT2D eigenvalue weighted by atomic mass is 79.9. The predicted octanol–water partition coefficient (Wildman–Crippen LogP) is 4.11. The van der Waals surface area contributed by atoms with Crippen LogP contribution in [-0.4, -0.2) is 24.5 Å². The van der Waals surface area contributed by atoms with Crippen LogP contribution in [-0.2, 0) is 11.5 Å². The van der Waals surface area contributed by atoms with E-state index >= 15 is 0 Å². The molecule has 1 aromatic carbocycles. The molecule has 3 nitrogen and oxygen atoms in total. The number of fused-ring (bicyclic) bond motifs is 1. The molecule has 0 fully saturated rings. The van der Waals surface area contributed by atoms with Gasteiger partial charge in [-0.25, -0.2) is 4.68 Å². The Morgan fingerprint density at radius 1 is 1.28 bits per heavy atom. The maximum atomic E-state index is 5.71. The van der Waals surface area contributed by atoms with E-state index in [0.717, 1.165) is 22.1 Å². The molecule has 0 spiro atoms. The van der Waals surface area contributed by atoms with Gasteiger partial charge >= 0.3 is 0 Å². The zero-order valence-corrected chi connectivity index (χ0v) is 13.7. The topological polar surface area (TPSA) is 27.1 Å². The minimum absolute atomic E-state index is 0.514. The summed E-state index contributed by atoms with van der Waals surface area (Å²) in [5.41, 5.74) is 0.998. The Balaban J connectivity index is 1.98. The quantitative estimate of drug-likeness (QED) is 0.610. The van der Waals surface area contributed by atoms with Gasteiger partial charge in [0.15, 0.2) is 0 Å². The second-order valence-electron chi connectivity index (χ2n) is 5.66. The largest absolute Gasteiger partial charge is 0.359 e. The van der Waals surface area contributed by atoms with E-state index in [1.54, 1.807) is 0 Å².